The van der Waals surface area contributed by atoms with Gasteiger partial charge < -0.3 is 0 Å². The summed E-state index contributed by atoms with van der Waals surface area (Å²) in [5, 5.41) is 0. The Kier molecular flexibility index (Phi) is 7.55. The van der Waals surface area contributed by atoms with Crippen molar-refractivity contribution in [1.29, 1.82) is 0 Å². The van der Waals surface area contributed by atoms with Gasteiger partial charge in [-0.3, -0.25) is 0 Å². The first-order valence-electron chi connectivity index (χ1n) is 7.25. The number of carbonyl (C=O) groups is 1. The van der Waals surface area contributed by atoms with Gasteiger partial charge in [0, 0.05) is 0 Å². The zero-order valence-corrected chi connectivity index (χ0v) is 19.2. The standard InChI is InChI=1S/C11H32BO5PSi3/c1-14-11(13)12-18(15-19(2,3)4,16-20(5,6)7)17-21(8,9)10/h12,18H,1-10H3. The summed E-state index contributed by atoms with van der Waals surface area (Å²) in [6.45, 7) is 18.9. The summed E-state index contributed by atoms with van der Waals surface area (Å²) in [7, 11) is -7.46. The van der Waals surface area contributed by atoms with E-state index in [2.05, 4.69) is 58.9 Å². The summed E-state index contributed by atoms with van der Waals surface area (Å²) in [4.78, 5) is 11.9. The summed E-state index contributed by atoms with van der Waals surface area (Å²) in [6, 6.07) is 0. The van der Waals surface area contributed by atoms with Gasteiger partial charge in [0.25, 0.3) is 0 Å². The Morgan fingerprint density at radius 3 is 1.24 bits per heavy atom. The molecule has 0 saturated heterocycles. The molecule has 0 bridgehead atoms. The maximum absolute atomic E-state index is 11.9. The molecule has 0 fully saturated rings. The Bertz CT molecular complexity index is 322. The second-order valence-corrected chi connectivity index (χ2v) is 24.9. The molecule has 0 aromatic carbocycles. The van der Waals surface area contributed by atoms with Crippen molar-refractivity contribution >= 4 is 45.6 Å². The van der Waals surface area contributed by atoms with Gasteiger partial charge in [0.2, 0.25) is 0 Å². The number of hydrogen-bond donors (Lipinski definition) is 0. The number of hydrogen-bond acceptors (Lipinski definition) is 5. The van der Waals surface area contributed by atoms with Crippen molar-refractivity contribution in [3.8, 4) is 0 Å². The van der Waals surface area contributed by atoms with E-state index in [1.807, 2.05) is 0 Å². The van der Waals surface area contributed by atoms with E-state index in [-0.39, 0.29) is 12.9 Å². The molecule has 0 aromatic heterocycles. The summed E-state index contributed by atoms with van der Waals surface area (Å²) >= 11 is 0. The van der Waals surface area contributed by atoms with Crippen LogP contribution in [-0.4, -0.2) is 44.9 Å². The molecule has 0 amide bonds. The monoisotopic (exact) mass is 370 g/mol. The van der Waals surface area contributed by atoms with Crippen LogP contribution in [-0.2, 0) is 17.4 Å². The molecule has 0 atom stereocenters. The predicted molar refractivity (Wildman–Crippen MR) is 101 cm³/mol. The van der Waals surface area contributed by atoms with Gasteiger partial charge in [-0.25, -0.2) is 0 Å². The fourth-order valence-electron chi connectivity index (χ4n) is 1.82. The molecule has 0 unspecified atom stereocenters. The van der Waals surface area contributed by atoms with Crippen molar-refractivity contribution in [2.45, 2.75) is 58.9 Å². The van der Waals surface area contributed by atoms with Gasteiger partial charge in [0.05, 0.1) is 0 Å². The van der Waals surface area contributed by atoms with Crippen LogP contribution in [0.15, 0.2) is 0 Å². The van der Waals surface area contributed by atoms with Crippen LogP contribution in [0.3, 0.4) is 0 Å². The van der Waals surface area contributed by atoms with Gasteiger partial charge in [-0.15, -0.1) is 0 Å². The molecule has 0 radical (unpaired) electrons. The molecule has 10 heteroatoms. The van der Waals surface area contributed by atoms with E-state index in [0.717, 1.165) is 0 Å². The molecule has 0 N–H and O–H groups in total. The fourth-order valence-corrected chi connectivity index (χ4v) is 16.0. The molecule has 0 aliphatic rings. The Balaban J connectivity index is 5.63. The molecular formula is C11H32BO5PSi3. The molecule has 0 saturated carbocycles. The van der Waals surface area contributed by atoms with Crippen molar-refractivity contribution in [2.24, 2.45) is 0 Å². The Morgan fingerprint density at radius 1 is 0.762 bits per heavy atom. The van der Waals surface area contributed by atoms with Crippen molar-refractivity contribution in [3.63, 3.8) is 0 Å². The molecule has 0 aromatic rings. The normalized spacial score (nSPS) is 14.8. The van der Waals surface area contributed by atoms with E-state index < -0.39 is 32.8 Å². The van der Waals surface area contributed by atoms with Crippen LogP contribution in [0.4, 0.5) is 4.79 Å². The molecular weight excluding hydrogens is 338 g/mol. The average Bonchev–Trinajstić information content (AvgIpc) is 2.07. The zero-order chi connectivity index (χ0) is 17.1. The quantitative estimate of drug-likeness (QED) is 0.474. The third-order valence-corrected chi connectivity index (χ3v) is 13.8. The zero-order valence-electron chi connectivity index (χ0n) is 15.2. The van der Waals surface area contributed by atoms with Gasteiger partial charge in [-0.05, 0) is 0 Å². The molecule has 0 heterocycles. The predicted octanol–water partition coefficient (Wildman–Crippen LogP) is 4.15. The number of ether oxygens (including phenoxy) is 1. The molecule has 0 rings (SSSR count). The Morgan fingerprint density at radius 2 is 1.05 bits per heavy atom. The van der Waals surface area contributed by atoms with Gasteiger partial charge in [-0.1, -0.05) is 0 Å². The van der Waals surface area contributed by atoms with Crippen molar-refractivity contribution < 1.29 is 22.2 Å². The van der Waals surface area contributed by atoms with Gasteiger partial charge in [0.15, 0.2) is 0 Å². The van der Waals surface area contributed by atoms with Gasteiger partial charge in [-0.2, -0.15) is 0 Å². The second-order valence-electron chi connectivity index (χ2n) is 8.08. The summed E-state index contributed by atoms with van der Waals surface area (Å²) in [6.07, 6.45) is 0. The third kappa shape index (κ3) is 10.8. The number of methoxy groups -OCH3 is 1. The first-order chi connectivity index (χ1) is 9.08. The number of rotatable bonds is 8. The molecule has 126 valence electrons. The third-order valence-electron chi connectivity index (χ3n) is 1.97. The van der Waals surface area contributed by atoms with Crippen molar-refractivity contribution in [2.75, 3.05) is 7.11 Å². The molecule has 0 spiro atoms. The Labute approximate surface area is 134 Å². The van der Waals surface area contributed by atoms with E-state index >= 15 is 0 Å². The topological polar surface area (TPSA) is 54.0 Å². The SMILES string of the molecule is COC(=O)B[PH](O[Si](C)(C)C)(O[Si](C)(C)C)O[Si](C)(C)C. The van der Waals surface area contributed by atoms with Gasteiger partial charge in [0.1, 0.15) is 0 Å². The van der Waals surface area contributed by atoms with Crippen LogP contribution >= 0.6 is 7.82 Å². The molecule has 5 nitrogen and oxygen atoms in total. The first kappa shape index (κ1) is 21.5. The minimum atomic E-state index is -3.08. The van der Waals surface area contributed by atoms with Crippen molar-refractivity contribution in [1.82, 2.24) is 0 Å². The van der Waals surface area contributed by atoms with E-state index in [0.29, 0.717) is 0 Å². The van der Waals surface area contributed by atoms with E-state index in [1.165, 1.54) is 7.11 Å². The molecule has 0 aliphatic carbocycles. The second kappa shape index (κ2) is 7.38. The minimum absolute atomic E-state index is 0.0995. The Hall–Kier alpha value is 0.496. The average molecular weight is 370 g/mol. The maximum atomic E-state index is 11.9. The van der Waals surface area contributed by atoms with Gasteiger partial charge >= 0.3 is 134 Å². The van der Waals surface area contributed by atoms with Crippen LogP contribution in [0, 0.1) is 0 Å². The van der Waals surface area contributed by atoms with E-state index in [1.54, 1.807) is 0 Å². The van der Waals surface area contributed by atoms with Crippen LogP contribution in [0.2, 0.25) is 58.9 Å². The summed E-state index contributed by atoms with van der Waals surface area (Å²) < 4.78 is 23.9. The van der Waals surface area contributed by atoms with Crippen LogP contribution < -0.4 is 0 Å². The van der Waals surface area contributed by atoms with E-state index in [4.69, 9.17) is 17.4 Å². The summed E-state index contributed by atoms with van der Waals surface area (Å²) in [5.41, 5.74) is 0. The molecule has 0 aliphatic heterocycles. The van der Waals surface area contributed by atoms with Crippen LogP contribution in [0.1, 0.15) is 0 Å². The summed E-state index contributed by atoms with van der Waals surface area (Å²) in [5.74, 6) is -0.323. The van der Waals surface area contributed by atoms with Crippen LogP contribution in [0.5, 0.6) is 0 Å². The fraction of sp³-hybridized carbons (Fsp3) is 0.909. The van der Waals surface area contributed by atoms with Crippen LogP contribution in [0.25, 0.3) is 0 Å². The first-order valence-corrected chi connectivity index (χ1v) is 19.4. The molecule has 21 heavy (non-hydrogen) atoms. The number of carbonyl (C=O) groups excluding carboxylic acids is 1. The van der Waals surface area contributed by atoms with Crippen molar-refractivity contribution in [3.05, 3.63) is 0 Å². The van der Waals surface area contributed by atoms with E-state index in [9.17, 15) is 4.79 Å².